The molecule has 1 aliphatic heterocycles. The maximum absolute atomic E-state index is 5.90. The van der Waals surface area contributed by atoms with E-state index in [2.05, 4.69) is 32.1 Å². The molecule has 0 aromatic carbocycles. The molecule has 1 fully saturated rings. The molecule has 7 heteroatoms. The standard InChI is InChI=1S/C15H21N5O2/c1-2-20(15-4-3-6-16-18-15)12-14-11-19(8-9-21-14)10-13-5-7-17-22-13/h3-7,14H,2,8-12H2,1H3. The Bertz CT molecular complexity index is 548. The molecule has 1 atom stereocenters. The summed E-state index contributed by atoms with van der Waals surface area (Å²) in [5.41, 5.74) is 0. The second kappa shape index (κ2) is 7.33. The van der Waals surface area contributed by atoms with Crippen LogP contribution in [-0.2, 0) is 11.3 Å². The highest BCUT2D eigenvalue weighted by molar-refractivity contribution is 5.36. The number of rotatable bonds is 6. The van der Waals surface area contributed by atoms with Gasteiger partial charge < -0.3 is 14.2 Å². The highest BCUT2D eigenvalue weighted by atomic mass is 16.5. The number of hydrogen-bond donors (Lipinski definition) is 0. The van der Waals surface area contributed by atoms with E-state index in [4.69, 9.17) is 9.26 Å². The molecule has 0 radical (unpaired) electrons. The van der Waals surface area contributed by atoms with Gasteiger partial charge in [-0.2, -0.15) is 5.10 Å². The number of likely N-dealkylation sites (N-methyl/N-ethyl adjacent to an activating group) is 1. The lowest BCUT2D eigenvalue weighted by Crippen LogP contribution is -2.47. The number of anilines is 1. The number of morpholine rings is 1. The van der Waals surface area contributed by atoms with Crippen molar-refractivity contribution < 1.29 is 9.26 Å². The van der Waals surface area contributed by atoms with Crippen LogP contribution < -0.4 is 4.90 Å². The van der Waals surface area contributed by atoms with Crippen LogP contribution in [0.2, 0.25) is 0 Å². The van der Waals surface area contributed by atoms with Crippen molar-refractivity contribution in [3.8, 4) is 0 Å². The van der Waals surface area contributed by atoms with Crippen LogP contribution in [0.15, 0.2) is 35.1 Å². The average molecular weight is 303 g/mol. The van der Waals surface area contributed by atoms with Crippen LogP contribution in [0, 0.1) is 0 Å². The summed E-state index contributed by atoms with van der Waals surface area (Å²) in [5, 5.41) is 11.9. The van der Waals surface area contributed by atoms with Gasteiger partial charge in [0.15, 0.2) is 11.6 Å². The van der Waals surface area contributed by atoms with E-state index in [1.165, 1.54) is 0 Å². The van der Waals surface area contributed by atoms with E-state index in [0.717, 1.165) is 50.9 Å². The lowest BCUT2D eigenvalue weighted by atomic mass is 10.2. The first-order chi connectivity index (χ1) is 10.8. The number of ether oxygens (including phenoxy) is 1. The van der Waals surface area contributed by atoms with Gasteiger partial charge in [0.2, 0.25) is 0 Å². The van der Waals surface area contributed by atoms with Gasteiger partial charge >= 0.3 is 0 Å². The molecule has 2 aromatic heterocycles. The zero-order chi connectivity index (χ0) is 15.2. The third kappa shape index (κ3) is 3.80. The summed E-state index contributed by atoms with van der Waals surface area (Å²) in [6.45, 7) is 7.09. The Morgan fingerprint density at radius 1 is 1.36 bits per heavy atom. The molecule has 0 bridgehead atoms. The Morgan fingerprint density at radius 3 is 3.05 bits per heavy atom. The minimum Gasteiger partial charge on any atom is -0.374 e. The average Bonchev–Trinajstić information content (AvgIpc) is 3.07. The molecule has 2 aromatic rings. The van der Waals surface area contributed by atoms with E-state index in [1.54, 1.807) is 12.4 Å². The van der Waals surface area contributed by atoms with E-state index < -0.39 is 0 Å². The van der Waals surface area contributed by atoms with Crippen LogP contribution in [0.4, 0.5) is 5.82 Å². The summed E-state index contributed by atoms with van der Waals surface area (Å²) in [5.74, 6) is 1.78. The molecule has 3 heterocycles. The smallest absolute Gasteiger partial charge is 0.151 e. The molecule has 1 unspecified atom stereocenters. The summed E-state index contributed by atoms with van der Waals surface area (Å²) in [4.78, 5) is 4.52. The summed E-state index contributed by atoms with van der Waals surface area (Å²) in [6, 6.07) is 5.79. The summed E-state index contributed by atoms with van der Waals surface area (Å²) in [7, 11) is 0. The van der Waals surface area contributed by atoms with E-state index in [1.807, 2.05) is 18.2 Å². The first kappa shape index (κ1) is 14.9. The van der Waals surface area contributed by atoms with Crippen LogP contribution >= 0.6 is 0 Å². The van der Waals surface area contributed by atoms with Crippen molar-refractivity contribution in [1.82, 2.24) is 20.3 Å². The molecule has 7 nitrogen and oxygen atoms in total. The van der Waals surface area contributed by atoms with Crippen molar-refractivity contribution in [2.45, 2.75) is 19.6 Å². The maximum Gasteiger partial charge on any atom is 0.151 e. The fourth-order valence-corrected chi connectivity index (χ4v) is 2.67. The van der Waals surface area contributed by atoms with Gasteiger partial charge in [0.25, 0.3) is 0 Å². The monoisotopic (exact) mass is 303 g/mol. The van der Waals surface area contributed by atoms with Crippen molar-refractivity contribution in [1.29, 1.82) is 0 Å². The molecule has 0 N–H and O–H groups in total. The Kier molecular flexibility index (Phi) is 4.97. The molecular weight excluding hydrogens is 282 g/mol. The third-order valence-corrected chi connectivity index (χ3v) is 3.78. The molecule has 0 saturated carbocycles. The van der Waals surface area contributed by atoms with Gasteiger partial charge in [0, 0.05) is 38.4 Å². The highest BCUT2D eigenvalue weighted by Crippen LogP contribution is 2.14. The number of aromatic nitrogens is 3. The minimum absolute atomic E-state index is 0.152. The van der Waals surface area contributed by atoms with Crippen molar-refractivity contribution in [2.75, 3.05) is 37.7 Å². The molecule has 0 spiro atoms. The largest absolute Gasteiger partial charge is 0.374 e. The topological polar surface area (TPSA) is 67.5 Å². The highest BCUT2D eigenvalue weighted by Gasteiger charge is 2.23. The van der Waals surface area contributed by atoms with Crippen molar-refractivity contribution in [3.63, 3.8) is 0 Å². The quantitative estimate of drug-likeness (QED) is 0.794. The fourth-order valence-electron chi connectivity index (χ4n) is 2.67. The Labute approximate surface area is 129 Å². The number of nitrogens with zero attached hydrogens (tertiary/aromatic N) is 5. The Morgan fingerprint density at radius 2 is 2.32 bits per heavy atom. The van der Waals surface area contributed by atoms with Gasteiger partial charge in [0.1, 0.15) is 0 Å². The van der Waals surface area contributed by atoms with Gasteiger partial charge in [-0.15, -0.1) is 5.10 Å². The minimum atomic E-state index is 0.152. The fraction of sp³-hybridized carbons (Fsp3) is 0.533. The van der Waals surface area contributed by atoms with Gasteiger partial charge in [-0.3, -0.25) is 4.90 Å². The van der Waals surface area contributed by atoms with Crippen LogP contribution in [0.1, 0.15) is 12.7 Å². The van der Waals surface area contributed by atoms with Crippen LogP contribution in [0.25, 0.3) is 0 Å². The molecular formula is C15H21N5O2. The van der Waals surface area contributed by atoms with Crippen molar-refractivity contribution in [2.24, 2.45) is 0 Å². The second-order valence-corrected chi connectivity index (χ2v) is 5.33. The van der Waals surface area contributed by atoms with E-state index in [9.17, 15) is 0 Å². The predicted molar refractivity (Wildman–Crippen MR) is 81.4 cm³/mol. The predicted octanol–water partition coefficient (Wildman–Crippen LogP) is 1.19. The molecule has 1 saturated heterocycles. The zero-order valence-corrected chi connectivity index (χ0v) is 12.8. The van der Waals surface area contributed by atoms with Crippen molar-refractivity contribution in [3.05, 3.63) is 36.4 Å². The molecule has 3 rings (SSSR count). The molecule has 1 aliphatic rings. The Balaban J connectivity index is 1.57. The van der Waals surface area contributed by atoms with E-state index in [0.29, 0.717) is 0 Å². The number of hydrogen-bond acceptors (Lipinski definition) is 7. The maximum atomic E-state index is 5.90. The lowest BCUT2D eigenvalue weighted by molar-refractivity contribution is -0.0291. The molecule has 0 aliphatic carbocycles. The first-order valence-electron chi connectivity index (χ1n) is 7.61. The van der Waals surface area contributed by atoms with E-state index >= 15 is 0 Å². The summed E-state index contributed by atoms with van der Waals surface area (Å²) >= 11 is 0. The van der Waals surface area contributed by atoms with Gasteiger partial charge in [-0.25, -0.2) is 0 Å². The van der Waals surface area contributed by atoms with Crippen LogP contribution in [0.3, 0.4) is 0 Å². The first-order valence-corrected chi connectivity index (χ1v) is 7.61. The SMILES string of the molecule is CCN(CC1CN(Cc2ccno2)CCO1)c1cccnn1. The molecule has 0 amide bonds. The normalized spacial score (nSPS) is 19.2. The lowest BCUT2D eigenvalue weighted by Gasteiger charge is -2.35. The zero-order valence-electron chi connectivity index (χ0n) is 12.8. The van der Waals surface area contributed by atoms with Gasteiger partial charge in [-0.05, 0) is 19.1 Å². The molecule has 22 heavy (non-hydrogen) atoms. The summed E-state index contributed by atoms with van der Waals surface area (Å²) in [6.07, 6.45) is 3.52. The van der Waals surface area contributed by atoms with E-state index in [-0.39, 0.29) is 6.10 Å². The van der Waals surface area contributed by atoms with Crippen LogP contribution in [-0.4, -0.2) is 59.1 Å². The third-order valence-electron chi connectivity index (χ3n) is 3.78. The van der Waals surface area contributed by atoms with Crippen LogP contribution in [0.5, 0.6) is 0 Å². The summed E-state index contributed by atoms with van der Waals surface area (Å²) < 4.78 is 11.1. The van der Waals surface area contributed by atoms with Gasteiger partial charge in [0.05, 0.1) is 25.5 Å². The van der Waals surface area contributed by atoms with Gasteiger partial charge in [-0.1, -0.05) is 5.16 Å². The second-order valence-electron chi connectivity index (χ2n) is 5.33. The Hall–Kier alpha value is -1.99. The molecule has 118 valence electrons. The van der Waals surface area contributed by atoms with Crippen molar-refractivity contribution >= 4 is 5.82 Å².